The lowest BCUT2D eigenvalue weighted by Gasteiger charge is -2.24. The van der Waals surface area contributed by atoms with E-state index in [1.807, 2.05) is 6.20 Å². The van der Waals surface area contributed by atoms with Crippen molar-refractivity contribution in [3.63, 3.8) is 0 Å². The minimum absolute atomic E-state index is 0.347. The molecular weight excluding hydrogens is 246 g/mol. The van der Waals surface area contributed by atoms with Crippen molar-refractivity contribution < 1.29 is 0 Å². The molecule has 0 aliphatic heterocycles. The first kappa shape index (κ1) is 13.6. The van der Waals surface area contributed by atoms with Crippen molar-refractivity contribution in [1.29, 1.82) is 0 Å². The first-order valence-corrected chi connectivity index (χ1v) is 7.35. The van der Waals surface area contributed by atoms with E-state index in [4.69, 9.17) is 11.6 Å². The first-order valence-electron chi connectivity index (χ1n) is 6.82. The fraction of sp³-hybridized carbons (Fsp3) is 0.714. The molecule has 1 fully saturated rings. The third kappa shape index (κ3) is 3.14. The van der Waals surface area contributed by atoms with E-state index in [-0.39, 0.29) is 0 Å². The van der Waals surface area contributed by atoms with Crippen molar-refractivity contribution in [2.75, 3.05) is 18.0 Å². The molecule has 0 N–H and O–H groups in total. The minimum atomic E-state index is 0.347. The quantitative estimate of drug-likeness (QED) is 0.738. The average molecular weight is 268 g/mol. The predicted molar refractivity (Wildman–Crippen MR) is 76.3 cm³/mol. The molecule has 0 unspecified atom stereocenters. The van der Waals surface area contributed by atoms with Gasteiger partial charge in [-0.15, -0.1) is 11.6 Å². The van der Waals surface area contributed by atoms with Gasteiger partial charge in [0.05, 0.1) is 23.5 Å². The summed E-state index contributed by atoms with van der Waals surface area (Å²) in [5, 5.41) is 0. The van der Waals surface area contributed by atoms with Crippen molar-refractivity contribution in [3.05, 3.63) is 17.7 Å². The number of hydrogen-bond donors (Lipinski definition) is 0. The zero-order chi connectivity index (χ0) is 13.1. The van der Waals surface area contributed by atoms with Crippen molar-refractivity contribution in [2.45, 2.75) is 45.4 Å². The van der Waals surface area contributed by atoms with Crippen LogP contribution in [0.4, 0.5) is 5.69 Å². The third-order valence-electron chi connectivity index (χ3n) is 3.41. The Labute approximate surface area is 115 Å². The summed E-state index contributed by atoms with van der Waals surface area (Å²) in [5.41, 5.74) is 2.08. The van der Waals surface area contributed by atoms with Crippen LogP contribution in [0.5, 0.6) is 0 Å². The molecule has 1 heterocycles. The van der Waals surface area contributed by atoms with Crippen LogP contribution in [-0.2, 0) is 5.88 Å². The van der Waals surface area contributed by atoms with E-state index in [0.717, 1.165) is 36.2 Å². The van der Waals surface area contributed by atoms with Crippen molar-refractivity contribution in [1.82, 2.24) is 9.97 Å². The Morgan fingerprint density at radius 3 is 2.67 bits per heavy atom. The molecule has 1 aliphatic carbocycles. The van der Waals surface area contributed by atoms with Crippen molar-refractivity contribution in [3.8, 4) is 0 Å². The fourth-order valence-corrected chi connectivity index (χ4v) is 2.27. The van der Waals surface area contributed by atoms with Crippen LogP contribution < -0.4 is 4.90 Å². The van der Waals surface area contributed by atoms with Crippen LogP contribution in [0.2, 0.25) is 0 Å². The second kappa shape index (κ2) is 5.87. The number of anilines is 1. The number of nitrogens with zero attached hydrogens (tertiary/aromatic N) is 3. The largest absolute Gasteiger partial charge is 0.369 e. The van der Waals surface area contributed by atoms with E-state index in [1.54, 1.807) is 0 Å². The summed E-state index contributed by atoms with van der Waals surface area (Å²) in [5.74, 6) is 2.55. The molecule has 100 valence electrons. The lowest BCUT2D eigenvalue weighted by Crippen LogP contribution is -2.27. The van der Waals surface area contributed by atoms with Crippen LogP contribution in [0.3, 0.4) is 0 Å². The molecule has 0 amide bonds. The van der Waals surface area contributed by atoms with Gasteiger partial charge in [-0.1, -0.05) is 13.8 Å². The van der Waals surface area contributed by atoms with E-state index < -0.39 is 0 Å². The molecule has 0 saturated heterocycles. The molecule has 0 spiro atoms. The molecule has 0 bridgehead atoms. The standard InChI is InChI=1S/C14H22ClN3/c1-4-18(9-11-5-6-11)13-8-16-14(10(2)3)17-12(13)7-15/h8,10-11H,4-7,9H2,1-3H3. The summed E-state index contributed by atoms with van der Waals surface area (Å²) in [4.78, 5) is 11.4. The van der Waals surface area contributed by atoms with Crippen LogP contribution in [0.15, 0.2) is 6.20 Å². The molecule has 1 saturated carbocycles. The Morgan fingerprint density at radius 2 is 2.17 bits per heavy atom. The average Bonchev–Trinajstić information content (AvgIpc) is 3.19. The summed E-state index contributed by atoms with van der Waals surface area (Å²) in [6.45, 7) is 8.50. The summed E-state index contributed by atoms with van der Waals surface area (Å²) in [6.07, 6.45) is 4.67. The van der Waals surface area contributed by atoms with Gasteiger partial charge in [0.1, 0.15) is 5.82 Å². The molecule has 18 heavy (non-hydrogen) atoms. The maximum Gasteiger partial charge on any atom is 0.131 e. The van der Waals surface area contributed by atoms with Crippen LogP contribution in [0.1, 0.15) is 51.0 Å². The number of rotatable bonds is 6. The Hall–Kier alpha value is -0.830. The summed E-state index contributed by atoms with van der Waals surface area (Å²) in [6, 6.07) is 0. The topological polar surface area (TPSA) is 29.0 Å². The van der Waals surface area contributed by atoms with E-state index >= 15 is 0 Å². The molecule has 2 rings (SSSR count). The van der Waals surface area contributed by atoms with Gasteiger partial charge in [-0.05, 0) is 25.7 Å². The molecule has 1 aliphatic rings. The van der Waals surface area contributed by atoms with Crippen LogP contribution >= 0.6 is 11.6 Å². The molecule has 0 aromatic carbocycles. The number of halogens is 1. The Morgan fingerprint density at radius 1 is 1.44 bits per heavy atom. The van der Waals surface area contributed by atoms with Gasteiger partial charge < -0.3 is 4.90 Å². The highest BCUT2D eigenvalue weighted by Gasteiger charge is 2.25. The van der Waals surface area contributed by atoms with Crippen molar-refractivity contribution in [2.24, 2.45) is 5.92 Å². The monoisotopic (exact) mass is 267 g/mol. The fourth-order valence-electron chi connectivity index (χ4n) is 2.08. The normalized spacial score (nSPS) is 15.2. The summed E-state index contributed by atoms with van der Waals surface area (Å²) in [7, 11) is 0. The van der Waals surface area contributed by atoms with Gasteiger partial charge in [0.15, 0.2) is 0 Å². The number of alkyl halides is 1. The molecule has 4 heteroatoms. The van der Waals surface area contributed by atoms with E-state index in [0.29, 0.717) is 11.8 Å². The van der Waals surface area contributed by atoms with Crippen LogP contribution in [0.25, 0.3) is 0 Å². The minimum Gasteiger partial charge on any atom is -0.369 e. The summed E-state index contributed by atoms with van der Waals surface area (Å²) < 4.78 is 0. The molecule has 1 aromatic rings. The molecule has 0 atom stereocenters. The zero-order valence-corrected chi connectivity index (χ0v) is 12.2. The van der Waals surface area contributed by atoms with Crippen LogP contribution in [0, 0.1) is 5.92 Å². The van der Waals surface area contributed by atoms with Gasteiger partial charge in [0.2, 0.25) is 0 Å². The van der Waals surface area contributed by atoms with Crippen LogP contribution in [-0.4, -0.2) is 23.1 Å². The van der Waals surface area contributed by atoms with Gasteiger partial charge in [-0.25, -0.2) is 9.97 Å². The number of aromatic nitrogens is 2. The van der Waals surface area contributed by atoms with Gasteiger partial charge >= 0.3 is 0 Å². The maximum absolute atomic E-state index is 6.05. The van der Waals surface area contributed by atoms with Gasteiger partial charge in [-0.2, -0.15) is 0 Å². The Kier molecular flexibility index (Phi) is 4.44. The highest BCUT2D eigenvalue weighted by Crippen LogP contribution is 2.32. The molecule has 3 nitrogen and oxygen atoms in total. The highest BCUT2D eigenvalue weighted by molar-refractivity contribution is 6.17. The van der Waals surface area contributed by atoms with Gasteiger partial charge in [0, 0.05) is 19.0 Å². The Bertz CT molecular complexity index is 402. The van der Waals surface area contributed by atoms with E-state index in [9.17, 15) is 0 Å². The van der Waals surface area contributed by atoms with Gasteiger partial charge in [0.25, 0.3) is 0 Å². The predicted octanol–water partition coefficient (Wildman–Crippen LogP) is 3.58. The first-order chi connectivity index (χ1) is 8.65. The highest BCUT2D eigenvalue weighted by atomic mass is 35.5. The second-order valence-corrected chi connectivity index (χ2v) is 5.60. The smallest absolute Gasteiger partial charge is 0.131 e. The second-order valence-electron chi connectivity index (χ2n) is 5.33. The molecule has 0 radical (unpaired) electrons. The van der Waals surface area contributed by atoms with Crippen molar-refractivity contribution >= 4 is 17.3 Å². The molecular formula is C14H22ClN3. The van der Waals surface area contributed by atoms with E-state index in [1.165, 1.54) is 12.8 Å². The maximum atomic E-state index is 6.05. The lowest BCUT2D eigenvalue weighted by atomic mass is 10.2. The number of hydrogen-bond acceptors (Lipinski definition) is 3. The zero-order valence-electron chi connectivity index (χ0n) is 11.5. The molecule has 1 aromatic heterocycles. The lowest BCUT2D eigenvalue weighted by molar-refractivity contribution is 0.720. The summed E-state index contributed by atoms with van der Waals surface area (Å²) >= 11 is 6.05. The third-order valence-corrected chi connectivity index (χ3v) is 3.66. The Balaban J connectivity index is 2.23. The van der Waals surface area contributed by atoms with Gasteiger partial charge in [-0.3, -0.25) is 0 Å². The SMILES string of the molecule is CCN(CC1CC1)c1cnc(C(C)C)nc1CCl. The van der Waals surface area contributed by atoms with E-state index in [2.05, 4.69) is 35.6 Å².